The summed E-state index contributed by atoms with van der Waals surface area (Å²) in [4.78, 5) is 21.4. The molecule has 7 nitrogen and oxygen atoms in total. The Balaban J connectivity index is 1.65. The molecule has 30 heavy (non-hydrogen) atoms. The van der Waals surface area contributed by atoms with Gasteiger partial charge in [-0.05, 0) is 42.8 Å². The largest absolute Gasteiger partial charge is 0.320 e. The maximum absolute atomic E-state index is 13.0. The molecule has 0 atom stereocenters. The summed E-state index contributed by atoms with van der Waals surface area (Å²) in [5.74, 6) is 0.0604. The van der Waals surface area contributed by atoms with Gasteiger partial charge in [-0.3, -0.25) is 4.79 Å². The number of para-hydroxylation sites is 1. The van der Waals surface area contributed by atoms with Gasteiger partial charge in [0.05, 0.1) is 11.4 Å². The molecule has 2 heterocycles. The molecule has 1 N–H and O–H groups in total. The first kappa shape index (κ1) is 20.1. The Morgan fingerprint density at radius 2 is 1.87 bits per heavy atom. The maximum Gasteiger partial charge on any atom is 0.278 e. The molecule has 0 aliphatic carbocycles. The van der Waals surface area contributed by atoms with Crippen LogP contribution in [0.1, 0.15) is 21.7 Å². The highest BCUT2D eigenvalue weighted by atomic mass is 35.5. The summed E-state index contributed by atoms with van der Waals surface area (Å²) in [6.07, 6.45) is 3.35. The molecular formula is C21H17ClN6OS. The lowest BCUT2D eigenvalue weighted by atomic mass is 10.2. The Hall–Kier alpha value is -3.23. The van der Waals surface area contributed by atoms with Crippen molar-refractivity contribution in [3.63, 3.8) is 0 Å². The molecule has 0 unspecified atom stereocenters. The van der Waals surface area contributed by atoms with E-state index in [2.05, 4.69) is 25.6 Å². The van der Waals surface area contributed by atoms with Gasteiger partial charge in [0, 0.05) is 28.9 Å². The fraction of sp³-hybridized carbons (Fsp3) is 0.0952. The Labute approximate surface area is 182 Å². The first-order chi connectivity index (χ1) is 14.6. The third kappa shape index (κ3) is 4.50. The summed E-state index contributed by atoms with van der Waals surface area (Å²) >= 11 is 7.58. The van der Waals surface area contributed by atoms with Crippen LogP contribution in [0.5, 0.6) is 0 Å². The number of aromatic nitrogens is 5. The van der Waals surface area contributed by atoms with Crippen molar-refractivity contribution in [1.82, 2.24) is 25.0 Å². The number of thioether (sulfide) groups is 1. The van der Waals surface area contributed by atoms with Gasteiger partial charge in [-0.2, -0.15) is 0 Å². The fourth-order valence-corrected chi connectivity index (χ4v) is 3.71. The summed E-state index contributed by atoms with van der Waals surface area (Å²) in [6, 6.07) is 16.7. The lowest BCUT2D eigenvalue weighted by molar-refractivity contribution is 0.102. The average molecular weight is 437 g/mol. The molecule has 2 aromatic carbocycles. The van der Waals surface area contributed by atoms with Gasteiger partial charge in [0.25, 0.3) is 5.91 Å². The molecule has 0 saturated heterocycles. The zero-order valence-electron chi connectivity index (χ0n) is 16.0. The highest BCUT2D eigenvalue weighted by molar-refractivity contribution is 7.98. The van der Waals surface area contributed by atoms with E-state index >= 15 is 0 Å². The van der Waals surface area contributed by atoms with Crippen molar-refractivity contribution in [3.8, 4) is 5.69 Å². The molecule has 0 saturated carbocycles. The van der Waals surface area contributed by atoms with E-state index in [1.54, 1.807) is 35.3 Å². The van der Waals surface area contributed by atoms with Gasteiger partial charge in [0.1, 0.15) is 0 Å². The number of amides is 1. The highest BCUT2D eigenvalue weighted by Crippen LogP contribution is 2.24. The number of anilines is 1. The summed E-state index contributed by atoms with van der Waals surface area (Å²) in [5.41, 5.74) is 3.22. The van der Waals surface area contributed by atoms with Crippen LogP contribution in [0.25, 0.3) is 5.69 Å². The van der Waals surface area contributed by atoms with Crippen molar-refractivity contribution >= 4 is 35.0 Å². The average Bonchev–Trinajstić information content (AvgIpc) is 3.20. The lowest BCUT2D eigenvalue weighted by Crippen LogP contribution is -2.15. The molecule has 4 rings (SSSR count). The molecule has 150 valence electrons. The molecule has 1 amide bonds. The van der Waals surface area contributed by atoms with Gasteiger partial charge in [-0.1, -0.05) is 52.8 Å². The van der Waals surface area contributed by atoms with Crippen LogP contribution in [-0.2, 0) is 5.75 Å². The molecular weight excluding hydrogens is 420 g/mol. The van der Waals surface area contributed by atoms with Crippen LogP contribution < -0.4 is 5.32 Å². The van der Waals surface area contributed by atoms with Crippen LogP contribution in [0.15, 0.2) is 72.1 Å². The standard InChI is InChI=1S/C21H17ClN6OS/c1-14-8-9-15(12-17(14)22)25-20(29)19-18(13-30-21-23-10-5-11-24-21)28(27-26-19)16-6-3-2-4-7-16/h2-12H,13H2,1H3,(H,25,29). The van der Waals surface area contributed by atoms with Gasteiger partial charge in [-0.15, -0.1) is 5.10 Å². The Morgan fingerprint density at radius 3 is 2.60 bits per heavy atom. The van der Waals surface area contributed by atoms with E-state index in [1.807, 2.05) is 43.3 Å². The third-order valence-electron chi connectivity index (χ3n) is 4.29. The molecule has 0 aliphatic rings. The monoisotopic (exact) mass is 436 g/mol. The summed E-state index contributed by atoms with van der Waals surface area (Å²) in [5, 5.41) is 12.4. The number of carbonyl (C=O) groups excluding carboxylic acids is 1. The highest BCUT2D eigenvalue weighted by Gasteiger charge is 2.21. The molecule has 0 bridgehead atoms. The Morgan fingerprint density at radius 1 is 1.10 bits per heavy atom. The molecule has 0 spiro atoms. The zero-order valence-corrected chi connectivity index (χ0v) is 17.6. The van der Waals surface area contributed by atoms with Crippen LogP contribution in [0, 0.1) is 6.92 Å². The van der Waals surface area contributed by atoms with Crippen LogP contribution >= 0.6 is 23.4 Å². The SMILES string of the molecule is Cc1ccc(NC(=O)c2nnn(-c3ccccc3)c2CSc2ncccn2)cc1Cl. The van der Waals surface area contributed by atoms with E-state index in [0.29, 0.717) is 27.3 Å². The van der Waals surface area contributed by atoms with Crippen molar-refractivity contribution in [2.45, 2.75) is 17.8 Å². The van der Waals surface area contributed by atoms with E-state index < -0.39 is 0 Å². The number of rotatable bonds is 6. The second-order valence-electron chi connectivity index (χ2n) is 6.37. The second-order valence-corrected chi connectivity index (χ2v) is 7.72. The van der Waals surface area contributed by atoms with Crippen molar-refractivity contribution in [1.29, 1.82) is 0 Å². The zero-order chi connectivity index (χ0) is 20.9. The maximum atomic E-state index is 13.0. The Bertz CT molecular complexity index is 1170. The van der Waals surface area contributed by atoms with Crippen molar-refractivity contribution in [3.05, 3.63) is 89.0 Å². The normalized spacial score (nSPS) is 10.7. The van der Waals surface area contributed by atoms with E-state index in [4.69, 9.17) is 11.6 Å². The molecule has 0 radical (unpaired) electrons. The number of nitrogens with one attached hydrogen (secondary N) is 1. The number of carbonyl (C=O) groups is 1. The van der Waals surface area contributed by atoms with Crippen LogP contribution in [-0.4, -0.2) is 30.9 Å². The minimum Gasteiger partial charge on any atom is -0.320 e. The lowest BCUT2D eigenvalue weighted by Gasteiger charge is -2.09. The number of aryl methyl sites for hydroxylation is 1. The van der Waals surface area contributed by atoms with Crippen molar-refractivity contribution < 1.29 is 4.79 Å². The van der Waals surface area contributed by atoms with E-state index in [-0.39, 0.29) is 11.6 Å². The Kier molecular flexibility index (Phi) is 6.06. The summed E-state index contributed by atoms with van der Waals surface area (Å²) in [7, 11) is 0. The molecule has 0 aliphatic heterocycles. The molecule has 4 aromatic rings. The van der Waals surface area contributed by atoms with E-state index in [9.17, 15) is 4.79 Å². The number of halogens is 1. The topological polar surface area (TPSA) is 85.6 Å². The van der Waals surface area contributed by atoms with Gasteiger partial charge in [0.15, 0.2) is 10.9 Å². The van der Waals surface area contributed by atoms with Crippen molar-refractivity contribution in [2.75, 3.05) is 5.32 Å². The van der Waals surface area contributed by atoms with E-state index in [1.165, 1.54) is 11.8 Å². The fourth-order valence-electron chi connectivity index (χ4n) is 2.74. The van der Waals surface area contributed by atoms with Crippen LogP contribution in [0.3, 0.4) is 0 Å². The molecule has 9 heteroatoms. The number of hydrogen-bond donors (Lipinski definition) is 1. The molecule has 0 fully saturated rings. The minimum absolute atomic E-state index is 0.235. The summed E-state index contributed by atoms with van der Waals surface area (Å²) in [6.45, 7) is 1.90. The number of benzene rings is 2. The van der Waals surface area contributed by atoms with E-state index in [0.717, 1.165) is 11.3 Å². The predicted molar refractivity (Wildman–Crippen MR) is 117 cm³/mol. The van der Waals surface area contributed by atoms with Crippen LogP contribution in [0.4, 0.5) is 5.69 Å². The van der Waals surface area contributed by atoms with Gasteiger partial charge in [-0.25, -0.2) is 14.6 Å². The van der Waals surface area contributed by atoms with Gasteiger partial charge >= 0.3 is 0 Å². The second kappa shape index (κ2) is 9.06. The van der Waals surface area contributed by atoms with Crippen LogP contribution in [0.2, 0.25) is 5.02 Å². The smallest absolute Gasteiger partial charge is 0.278 e. The number of hydrogen-bond acceptors (Lipinski definition) is 6. The minimum atomic E-state index is -0.360. The molecule has 2 aromatic heterocycles. The third-order valence-corrected chi connectivity index (χ3v) is 5.58. The van der Waals surface area contributed by atoms with Crippen molar-refractivity contribution in [2.24, 2.45) is 0 Å². The number of nitrogens with zero attached hydrogens (tertiary/aromatic N) is 5. The van der Waals surface area contributed by atoms with Gasteiger partial charge in [0.2, 0.25) is 0 Å². The first-order valence-electron chi connectivity index (χ1n) is 9.09. The predicted octanol–water partition coefficient (Wildman–Crippen LogP) is 4.56. The summed E-state index contributed by atoms with van der Waals surface area (Å²) < 4.78 is 1.66. The first-order valence-corrected chi connectivity index (χ1v) is 10.5. The van der Waals surface area contributed by atoms with Gasteiger partial charge < -0.3 is 5.32 Å². The quantitative estimate of drug-likeness (QED) is 0.352.